The average molecular weight is 330 g/mol. The second-order valence-corrected chi connectivity index (χ2v) is 5.73. The van der Waals surface area contributed by atoms with Gasteiger partial charge >= 0.3 is 0 Å². The summed E-state index contributed by atoms with van der Waals surface area (Å²) in [5.41, 5.74) is 1.54. The topological polar surface area (TPSA) is 62.3 Å². The van der Waals surface area contributed by atoms with Crippen LogP contribution < -0.4 is 5.32 Å². The van der Waals surface area contributed by atoms with Crippen molar-refractivity contribution in [2.75, 3.05) is 18.4 Å². The van der Waals surface area contributed by atoms with Crippen molar-refractivity contribution in [2.24, 2.45) is 0 Å². The zero-order chi connectivity index (χ0) is 16.2. The number of nitrogens with one attached hydrogen (secondary N) is 1. The summed E-state index contributed by atoms with van der Waals surface area (Å²) in [5, 5.41) is 2.90. The molecule has 2 amide bonds. The van der Waals surface area contributed by atoms with E-state index in [0.717, 1.165) is 25.9 Å². The van der Waals surface area contributed by atoms with E-state index in [1.165, 1.54) is 6.20 Å². The van der Waals surface area contributed by atoms with Gasteiger partial charge in [-0.15, -0.1) is 0 Å². The highest BCUT2D eigenvalue weighted by Gasteiger charge is 2.19. The molecule has 23 heavy (non-hydrogen) atoms. The van der Waals surface area contributed by atoms with E-state index in [4.69, 9.17) is 11.6 Å². The van der Waals surface area contributed by atoms with Gasteiger partial charge in [0.1, 0.15) is 5.15 Å². The molecule has 1 aromatic heterocycles. The van der Waals surface area contributed by atoms with Crippen molar-refractivity contribution in [3.63, 3.8) is 0 Å². The van der Waals surface area contributed by atoms with Crippen molar-refractivity contribution >= 4 is 29.1 Å². The third kappa shape index (κ3) is 3.51. The number of likely N-dealkylation sites (tertiary alicyclic amines) is 1. The quantitative estimate of drug-likeness (QED) is 0.879. The third-order valence-electron chi connectivity index (χ3n) is 3.79. The van der Waals surface area contributed by atoms with Crippen LogP contribution in [0.1, 0.15) is 33.6 Å². The predicted octanol–water partition coefficient (Wildman–Crippen LogP) is 3.22. The van der Waals surface area contributed by atoms with Crippen LogP contribution in [0.3, 0.4) is 0 Å². The van der Waals surface area contributed by atoms with Gasteiger partial charge in [0, 0.05) is 30.5 Å². The van der Waals surface area contributed by atoms with Crippen molar-refractivity contribution in [1.29, 1.82) is 0 Å². The minimum absolute atomic E-state index is 0.0377. The molecule has 0 bridgehead atoms. The lowest BCUT2D eigenvalue weighted by molar-refractivity contribution is 0.0792. The Morgan fingerprint density at radius 2 is 1.78 bits per heavy atom. The van der Waals surface area contributed by atoms with Gasteiger partial charge in [-0.25, -0.2) is 4.98 Å². The molecule has 3 rings (SSSR count). The summed E-state index contributed by atoms with van der Waals surface area (Å²) in [6.07, 6.45) is 3.65. The molecule has 2 heterocycles. The van der Waals surface area contributed by atoms with Crippen LogP contribution in [-0.2, 0) is 0 Å². The van der Waals surface area contributed by atoms with Crippen LogP contribution >= 0.6 is 11.6 Å². The largest absolute Gasteiger partial charge is 0.339 e. The number of benzene rings is 1. The van der Waals surface area contributed by atoms with Crippen LogP contribution in [0, 0.1) is 0 Å². The Labute approximate surface area is 139 Å². The predicted molar refractivity (Wildman–Crippen MR) is 88.8 cm³/mol. The highest BCUT2D eigenvalue weighted by molar-refractivity contribution is 6.33. The van der Waals surface area contributed by atoms with E-state index in [9.17, 15) is 9.59 Å². The van der Waals surface area contributed by atoms with E-state index >= 15 is 0 Å². The second kappa shape index (κ2) is 6.79. The van der Waals surface area contributed by atoms with E-state index in [1.54, 1.807) is 36.4 Å². The highest BCUT2D eigenvalue weighted by atomic mass is 35.5. The number of carbonyl (C=O) groups excluding carboxylic acids is 2. The lowest BCUT2D eigenvalue weighted by Gasteiger charge is -2.15. The van der Waals surface area contributed by atoms with Crippen molar-refractivity contribution in [1.82, 2.24) is 9.88 Å². The molecular formula is C17H16ClN3O2. The number of pyridine rings is 1. The van der Waals surface area contributed by atoms with Gasteiger partial charge < -0.3 is 10.2 Å². The first-order valence-electron chi connectivity index (χ1n) is 7.46. The van der Waals surface area contributed by atoms with Gasteiger partial charge in [0.25, 0.3) is 11.8 Å². The minimum atomic E-state index is -0.332. The van der Waals surface area contributed by atoms with Gasteiger partial charge in [-0.2, -0.15) is 0 Å². The molecule has 1 N–H and O–H groups in total. The first-order chi connectivity index (χ1) is 11.1. The molecular weight excluding hydrogens is 314 g/mol. The maximum Gasteiger partial charge on any atom is 0.258 e. The Morgan fingerprint density at radius 3 is 2.43 bits per heavy atom. The fourth-order valence-electron chi connectivity index (χ4n) is 2.55. The molecule has 118 valence electrons. The normalized spacial score (nSPS) is 13.9. The first kappa shape index (κ1) is 15.5. The SMILES string of the molecule is O=C(Nc1ccc(C(=O)N2CCCC2)cc1)c1cccnc1Cl. The average Bonchev–Trinajstić information content (AvgIpc) is 3.09. The van der Waals surface area contributed by atoms with Gasteiger partial charge in [0.05, 0.1) is 5.56 Å². The molecule has 0 aliphatic carbocycles. The number of halogens is 1. The van der Waals surface area contributed by atoms with Crippen LogP contribution in [0.15, 0.2) is 42.6 Å². The molecule has 1 saturated heterocycles. The molecule has 1 aromatic carbocycles. The van der Waals surface area contributed by atoms with Gasteiger partial charge in [0.15, 0.2) is 0 Å². The molecule has 0 spiro atoms. The van der Waals surface area contributed by atoms with E-state index in [2.05, 4.69) is 10.3 Å². The molecule has 0 atom stereocenters. The maximum absolute atomic E-state index is 12.3. The molecule has 2 aromatic rings. The molecule has 0 unspecified atom stereocenters. The molecule has 1 aliphatic heterocycles. The number of anilines is 1. The monoisotopic (exact) mass is 329 g/mol. The number of aromatic nitrogens is 1. The summed E-state index contributed by atoms with van der Waals surface area (Å²) >= 11 is 5.90. The van der Waals surface area contributed by atoms with Crippen molar-refractivity contribution in [3.05, 3.63) is 58.9 Å². The number of hydrogen-bond donors (Lipinski definition) is 1. The smallest absolute Gasteiger partial charge is 0.258 e. The summed E-state index contributed by atoms with van der Waals surface area (Å²) in [5.74, 6) is -0.294. The molecule has 0 saturated carbocycles. The molecule has 5 nitrogen and oxygen atoms in total. The van der Waals surface area contributed by atoms with E-state index < -0.39 is 0 Å². The van der Waals surface area contributed by atoms with Crippen molar-refractivity contribution in [2.45, 2.75) is 12.8 Å². The number of rotatable bonds is 3. The van der Waals surface area contributed by atoms with Gasteiger partial charge in [0.2, 0.25) is 0 Å². The number of nitrogens with zero attached hydrogens (tertiary/aromatic N) is 2. The summed E-state index contributed by atoms with van der Waals surface area (Å²) in [4.78, 5) is 30.1. The van der Waals surface area contributed by atoms with Crippen molar-refractivity contribution < 1.29 is 9.59 Å². The van der Waals surface area contributed by atoms with Crippen LogP contribution in [0.4, 0.5) is 5.69 Å². The van der Waals surface area contributed by atoms with Gasteiger partial charge in [-0.05, 0) is 49.2 Å². The first-order valence-corrected chi connectivity index (χ1v) is 7.84. The molecule has 0 radical (unpaired) electrons. The van der Waals surface area contributed by atoms with E-state index in [1.807, 2.05) is 4.90 Å². The second-order valence-electron chi connectivity index (χ2n) is 5.37. The number of carbonyl (C=O) groups is 2. The molecule has 6 heteroatoms. The lowest BCUT2D eigenvalue weighted by Crippen LogP contribution is -2.27. The number of amides is 2. The van der Waals surface area contributed by atoms with Crippen molar-refractivity contribution in [3.8, 4) is 0 Å². The van der Waals surface area contributed by atoms with E-state index in [-0.39, 0.29) is 17.0 Å². The molecule has 1 fully saturated rings. The summed E-state index contributed by atoms with van der Waals surface area (Å²) in [7, 11) is 0. The van der Waals surface area contributed by atoms with Crippen LogP contribution in [0.5, 0.6) is 0 Å². The Morgan fingerprint density at radius 1 is 1.09 bits per heavy atom. The van der Waals surface area contributed by atoms with E-state index in [0.29, 0.717) is 16.8 Å². The minimum Gasteiger partial charge on any atom is -0.339 e. The Kier molecular flexibility index (Phi) is 4.57. The number of hydrogen-bond acceptors (Lipinski definition) is 3. The summed E-state index contributed by atoms with van der Waals surface area (Å²) < 4.78 is 0. The third-order valence-corrected chi connectivity index (χ3v) is 4.09. The Bertz CT molecular complexity index is 725. The van der Waals surface area contributed by atoms with Gasteiger partial charge in [-0.3, -0.25) is 9.59 Å². The van der Waals surface area contributed by atoms with Crippen LogP contribution in [0.25, 0.3) is 0 Å². The fraction of sp³-hybridized carbons (Fsp3) is 0.235. The van der Waals surface area contributed by atoms with Gasteiger partial charge in [-0.1, -0.05) is 11.6 Å². The molecule has 1 aliphatic rings. The lowest BCUT2D eigenvalue weighted by atomic mass is 10.1. The summed E-state index contributed by atoms with van der Waals surface area (Å²) in [6.45, 7) is 1.63. The zero-order valence-electron chi connectivity index (χ0n) is 12.5. The van der Waals surface area contributed by atoms with Crippen LogP contribution in [-0.4, -0.2) is 34.8 Å². The standard InChI is InChI=1S/C17H16ClN3O2/c18-15-14(4-3-9-19-15)16(22)20-13-7-5-12(6-8-13)17(23)21-10-1-2-11-21/h3-9H,1-2,10-11H2,(H,20,22). The Balaban J connectivity index is 1.69. The maximum atomic E-state index is 12.3. The highest BCUT2D eigenvalue weighted by Crippen LogP contribution is 2.17. The Hall–Kier alpha value is -2.40. The summed E-state index contributed by atoms with van der Waals surface area (Å²) in [6, 6.07) is 10.1. The van der Waals surface area contributed by atoms with Crippen LogP contribution in [0.2, 0.25) is 5.15 Å². The fourth-order valence-corrected chi connectivity index (χ4v) is 2.76. The zero-order valence-corrected chi connectivity index (χ0v) is 13.2.